The maximum absolute atomic E-state index is 12.1. The SMILES string of the molecule is CCCn1nccc1NC(=O)Nc1ccc(Cc2ccncc2)cc1. The molecule has 0 saturated heterocycles. The monoisotopic (exact) mass is 335 g/mol. The molecule has 6 heteroatoms. The van der Waals surface area contributed by atoms with Crippen LogP contribution in [0.1, 0.15) is 24.5 Å². The fourth-order valence-corrected chi connectivity index (χ4v) is 2.55. The van der Waals surface area contributed by atoms with Crippen LogP contribution in [0.4, 0.5) is 16.3 Å². The molecule has 0 bridgehead atoms. The minimum absolute atomic E-state index is 0.278. The summed E-state index contributed by atoms with van der Waals surface area (Å²) in [5, 5.41) is 9.85. The molecular formula is C19H21N5O. The largest absolute Gasteiger partial charge is 0.324 e. The van der Waals surface area contributed by atoms with Gasteiger partial charge in [0.1, 0.15) is 5.82 Å². The Morgan fingerprint density at radius 3 is 2.40 bits per heavy atom. The zero-order chi connectivity index (χ0) is 17.5. The van der Waals surface area contributed by atoms with Crippen molar-refractivity contribution in [2.75, 3.05) is 10.6 Å². The maximum Gasteiger partial charge on any atom is 0.324 e. The van der Waals surface area contributed by atoms with Gasteiger partial charge in [-0.3, -0.25) is 10.3 Å². The van der Waals surface area contributed by atoms with Gasteiger partial charge >= 0.3 is 6.03 Å². The zero-order valence-electron chi connectivity index (χ0n) is 14.1. The molecule has 0 fully saturated rings. The van der Waals surface area contributed by atoms with Crippen molar-refractivity contribution in [3.63, 3.8) is 0 Å². The van der Waals surface area contributed by atoms with Gasteiger partial charge in [0.15, 0.2) is 0 Å². The van der Waals surface area contributed by atoms with E-state index in [1.165, 1.54) is 11.1 Å². The van der Waals surface area contributed by atoms with Gasteiger partial charge in [0, 0.05) is 30.7 Å². The molecule has 2 N–H and O–H groups in total. The summed E-state index contributed by atoms with van der Waals surface area (Å²) < 4.78 is 1.78. The first-order valence-corrected chi connectivity index (χ1v) is 8.32. The Labute approximate surface area is 146 Å². The highest BCUT2D eigenvalue weighted by molar-refractivity contribution is 5.99. The Bertz CT molecular complexity index is 811. The molecule has 2 aromatic heterocycles. The predicted molar refractivity (Wildman–Crippen MR) is 98.6 cm³/mol. The Morgan fingerprint density at radius 1 is 0.960 bits per heavy atom. The van der Waals surface area contributed by atoms with E-state index < -0.39 is 0 Å². The van der Waals surface area contributed by atoms with Crippen LogP contribution >= 0.6 is 0 Å². The molecule has 6 nitrogen and oxygen atoms in total. The summed E-state index contributed by atoms with van der Waals surface area (Å²) in [5.74, 6) is 0.689. The Hall–Kier alpha value is -3.15. The van der Waals surface area contributed by atoms with Gasteiger partial charge in [0.05, 0.1) is 6.20 Å². The molecule has 0 unspecified atom stereocenters. The van der Waals surface area contributed by atoms with Gasteiger partial charge in [-0.05, 0) is 48.2 Å². The molecule has 0 saturated carbocycles. The number of hydrogen-bond donors (Lipinski definition) is 2. The molecule has 0 aliphatic carbocycles. The maximum atomic E-state index is 12.1. The molecule has 0 atom stereocenters. The summed E-state index contributed by atoms with van der Waals surface area (Å²) in [6.45, 7) is 2.84. The summed E-state index contributed by atoms with van der Waals surface area (Å²) in [7, 11) is 0. The lowest BCUT2D eigenvalue weighted by Gasteiger charge is -2.10. The van der Waals surface area contributed by atoms with E-state index in [1.807, 2.05) is 36.4 Å². The number of rotatable bonds is 6. The number of benzene rings is 1. The van der Waals surface area contributed by atoms with Crippen molar-refractivity contribution in [1.29, 1.82) is 0 Å². The Morgan fingerprint density at radius 2 is 1.68 bits per heavy atom. The third-order valence-corrected chi connectivity index (χ3v) is 3.76. The van der Waals surface area contributed by atoms with Crippen molar-refractivity contribution < 1.29 is 4.79 Å². The highest BCUT2D eigenvalue weighted by Crippen LogP contribution is 2.14. The lowest BCUT2D eigenvalue weighted by molar-refractivity contribution is 0.262. The molecular weight excluding hydrogens is 314 g/mol. The van der Waals surface area contributed by atoms with Crippen LogP contribution in [0.5, 0.6) is 0 Å². The number of nitrogens with one attached hydrogen (secondary N) is 2. The van der Waals surface area contributed by atoms with Gasteiger partial charge in [0.25, 0.3) is 0 Å². The van der Waals surface area contributed by atoms with E-state index in [0.717, 1.165) is 25.1 Å². The number of hydrogen-bond acceptors (Lipinski definition) is 3. The van der Waals surface area contributed by atoms with Gasteiger partial charge in [-0.25, -0.2) is 9.48 Å². The smallest absolute Gasteiger partial charge is 0.308 e. The number of aryl methyl sites for hydroxylation is 1. The molecule has 25 heavy (non-hydrogen) atoms. The van der Waals surface area contributed by atoms with E-state index in [9.17, 15) is 4.79 Å². The summed E-state index contributed by atoms with van der Waals surface area (Å²) in [6.07, 6.45) is 7.05. The van der Waals surface area contributed by atoms with Gasteiger partial charge < -0.3 is 5.32 Å². The summed E-state index contributed by atoms with van der Waals surface area (Å²) in [4.78, 5) is 16.2. The van der Waals surface area contributed by atoms with Crippen LogP contribution < -0.4 is 10.6 Å². The van der Waals surface area contributed by atoms with Gasteiger partial charge in [-0.1, -0.05) is 19.1 Å². The third kappa shape index (κ3) is 4.67. The van der Waals surface area contributed by atoms with Crippen LogP contribution in [0, 0.1) is 0 Å². The zero-order valence-corrected chi connectivity index (χ0v) is 14.1. The quantitative estimate of drug-likeness (QED) is 0.717. The van der Waals surface area contributed by atoms with Crippen LogP contribution in [0.15, 0.2) is 61.1 Å². The van der Waals surface area contributed by atoms with Crippen molar-refractivity contribution in [2.45, 2.75) is 26.3 Å². The van der Waals surface area contributed by atoms with Crippen LogP contribution in [-0.4, -0.2) is 20.8 Å². The van der Waals surface area contributed by atoms with E-state index in [0.29, 0.717) is 5.82 Å². The summed E-state index contributed by atoms with van der Waals surface area (Å²) >= 11 is 0. The van der Waals surface area contributed by atoms with Crippen LogP contribution in [0.3, 0.4) is 0 Å². The first-order valence-electron chi connectivity index (χ1n) is 8.32. The van der Waals surface area contributed by atoms with E-state index in [2.05, 4.69) is 27.6 Å². The molecule has 128 valence electrons. The molecule has 2 heterocycles. The molecule has 0 spiro atoms. The molecule has 1 aromatic carbocycles. The second-order valence-electron chi connectivity index (χ2n) is 5.75. The number of nitrogens with zero attached hydrogens (tertiary/aromatic N) is 3. The highest BCUT2D eigenvalue weighted by Gasteiger charge is 2.07. The fourth-order valence-electron chi connectivity index (χ4n) is 2.55. The average Bonchev–Trinajstić information content (AvgIpc) is 3.05. The Balaban J connectivity index is 1.57. The lowest BCUT2D eigenvalue weighted by atomic mass is 10.1. The summed E-state index contributed by atoms with van der Waals surface area (Å²) in [6, 6.07) is 13.3. The van der Waals surface area contributed by atoms with E-state index >= 15 is 0 Å². The van der Waals surface area contributed by atoms with E-state index in [4.69, 9.17) is 0 Å². The number of pyridine rings is 1. The van der Waals surface area contributed by atoms with E-state index in [-0.39, 0.29) is 6.03 Å². The fraction of sp³-hybridized carbons (Fsp3) is 0.211. The third-order valence-electron chi connectivity index (χ3n) is 3.76. The molecule has 0 aliphatic rings. The number of carbonyl (C=O) groups excluding carboxylic acids is 1. The second-order valence-corrected chi connectivity index (χ2v) is 5.75. The van der Waals surface area contributed by atoms with Crippen LogP contribution in [0.2, 0.25) is 0 Å². The second kappa shape index (κ2) is 8.10. The lowest BCUT2D eigenvalue weighted by Crippen LogP contribution is -2.21. The average molecular weight is 335 g/mol. The molecule has 0 aliphatic heterocycles. The van der Waals surface area contributed by atoms with Crippen LogP contribution in [0.25, 0.3) is 0 Å². The number of anilines is 2. The van der Waals surface area contributed by atoms with Gasteiger partial charge in [-0.15, -0.1) is 0 Å². The minimum atomic E-state index is -0.278. The number of amides is 2. The molecule has 2 amide bonds. The van der Waals surface area contributed by atoms with E-state index in [1.54, 1.807) is 29.3 Å². The molecule has 0 radical (unpaired) electrons. The summed E-state index contributed by atoms with van der Waals surface area (Å²) in [5.41, 5.74) is 3.13. The number of carbonyl (C=O) groups is 1. The molecule has 3 rings (SSSR count). The van der Waals surface area contributed by atoms with Crippen molar-refractivity contribution in [2.24, 2.45) is 0 Å². The topological polar surface area (TPSA) is 71.8 Å². The highest BCUT2D eigenvalue weighted by atomic mass is 16.2. The van der Waals surface area contributed by atoms with Gasteiger partial charge in [-0.2, -0.15) is 5.10 Å². The first kappa shape index (κ1) is 16.7. The minimum Gasteiger partial charge on any atom is -0.308 e. The molecule has 3 aromatic rings. The van der Waals surface area contributed by atoms with Crippen molar-refractivity contribution in [1.82, 2.24) is 14.8 Å². The number of urea groups is 1. The standard InChI is InChI=1S/C19H21N5O/c1-2-13-24-18(9-12-21-24)23-19(25)22-17-5-3-15(4-6-17)14-16-7-10-20-11-8-16/h3-12H,2,13-14H2,1H3,(H2,22,23,25). The Kier molecular flexibility index (Phi) is 5.41. The first-order chi connectivity index (χ1) is 12.2. The van der Waals surface area contributed by atoms with Crippen LogP contribution in [-0.2, 0) is 13.0 Å². The van der Waals surface area contributed by atoms with Crippen molar-refractivity contribution in [3.05, 3.63) is 72.2 Å². The normalized spacial score (nSPS) is 10.4. The predicted octanol–water partition coefficient (Wildman–Crippen LogP) is 3.92. The van der Waals surface area contributed by atoms with Crippen molar-refractivity contribution >= 4 is 17.5 Å². The van der Waals surface area contributed by atoms with Gasteiger partial charge in [0.2, 0.25) is 0 Å². The van der Waals surface area contributed by atoms with Crippen molar-refractivity contribution in [3.8, 4) is 0 Å². The number of aromatic nitrogens is 3.